The summed E-state index contributed by atoms with van der Waals surface area (Å²) in [5.41, 5.74) is 1.26. The molecule has 0 N–H and O–H groups in total. The Morgan fingerprint density at radius 3 is 2.55 bits per heavy atom. The van der Waals surface area contributed by atoms with Crippen LogP contribution in [0.3, 0.4) is 0 Å². The van der Waals surface area contributed by atoms with E-state index in [2.05, 4.69) is 34.1 Å². The molecule has 0 amide bonds. The maximum Gasteiger partial charge on any atom is 0.142 e. The summed E-state index contributed by atoms with van der Waals surface area (Å²) in [5, 5.41) is 0. The first-order valence-corrected chi connectivity index (χ1v) is 7.70. The lowest BCUT2D eigenvalue weighted by atomic mass is 10.2. The molecule has 1 aromatic rings. The molecule has 0 unspecified atom stereocenters. The summed E-state index contributed by atoms with van der Waals surface area (Å²) < 4.78 is 11.4. The molecule has 4 nitrogen and oxygen atoms in total. The number of hydrogen-bond donors (Lipinski definition) is 0. The van der Waals surface area contributed by atoms with Crippen molar-refractivity contribution in [3.63, 3.8) is 0 Å². The predicted molar refractivity (Wildman–Crippen MR) is 80.6 cm³/mol. The summed E-state index contributed by atoms with van der Waals surface area (Å²) in [5.74, 6) is 1.03. The minimum Gasteiger partial charge on any atom is -0.490 e. The zero-order chi connectivity index (χ0) is 13.6. The van der Waals surface area contributed by atoms with Crippen molar-refractivity contribution in [1.82, 2.24) is 4.90 Å². The van der Waals surface area contributed by atoms with Crippen LogP contribution in [0.1, 0.15) is 12.8 Å². The molecule has 0 radical (unpaired) electrons. The summed E-state index contributed by atoms with van der Waals surface area (Å²) in [4.78, 5) is 4.84. The molecule has 2 fully saturated rings. The SMILES string of the molecule is c1ccc(N2CCCC2)c(OCCN2CCOCC2)c1. The highest BCUT2D eigenvalue weighted by Crippen LogP contribution is 2.30. The first kappa shape index (κ1) is 13.7. The fraction of sp³-hybridized carbons (Fsp3) is 0.625. The average molecular weight is 276 g/mol. The fourth-order valence-electron chi connectivity index (χ4n) is 2.91. The lowest BCUT2D eigenvalue weighted by molar-refractivity contribution is 0.0323. The van der Waals surface area contributed by atoms with Crippen molar-refractivity contribution in [3.05, 3.63) is 24.3 Å². The molecule has 110 valence electrons. The molecule has 2 saturated heterocycles. The first-order valence-electron chi connectivity index (χ1n) is 7.70. The molecule has 0 aliphatic carbocycles. The molecule has 0 saturated carbocycles. The van der Waals surface area contributed by atoms with E-state index in [0.29, 0.717) is 0 Å². The molecule has 2 aliphatic heterocycles. The number of nitrogens with zero attached hydrogens (tertiary/aromatic N) is 2. The molecule has 20 heavy (non-hydrogen) atoms. The van der Waals surface area contributed by atoms with Crippen LogP contribution in [0.15, 0.2) is 24.3 Å². The Bertz CT molecular complexity index is 413. The molecule has 0 aromatic heterocycles. The van der Waals surface area contributed by atoms with E-state index in [0.717, 1.165) is 58.3 Å². The summed E-state index contributed by atoms with van der Waals surface area (Å²) in [6, 6.07) is 8.43. The van der Waals surface area contributed by atoms with Gasteiger partial charge in [0.2, 0.25) is 0 Å². The Morgan fingerprint density at radius 2 is 1.75 bits per heavy atom. The van der Waals surface area contributed by atoms with Gasteiger partial charge >= 0.3 is 0 Å². The summed E-state index contributed by atoms with van der Waals surface area (Å²) in [6.07, 6.45) is 2.59. The number of benzene rings is 1. The lowest BCUT2D eigenvalue weighted by Gasteiger charge is -2.27. The van der Waals surface area contributed by atoms with Crippen molar-refractivity contribution >= 4 is 5.69 Å². The lowest BCUT2D eigenvalue weighted by Crippen LogP contribution is -2.38. The van der Waals surface area contributed by atoms with Crippen molar-refractivity contribution in [3.8, 4) is 5.75 Å². The first-order chi connectivity index (χ1) is 9.93. The zero-order valence-corrected chi connectivity index (χ0v) is 12.1. The zero-order valence-electron chi connectivity index (χ0n) is 12.1. The maximum atomic E-state index is 6.03. The van der Waals surface area contributed by atoms with Gasteiger partial charge in [-0.1, -0.05) is 12.1 Å². The summed E-state index contributed by atoms with van der Waals surface area (Å²) in [7, 11) is 0. The molecule has 3 rings (SSSR count). The second kappa shape index (κ2) is 6.95. The number of morpholine rings is 1. The van der Waals surface area contributed by atoms with Crippen molar-refractivity contribution < 1.29 is 9.47 Å². The predicted octanol–water partition coefficient (Wildman–Crippen LogP) is 2.00. The summed E-state index contributed by atoms with van der Waals surface area (Å²) >= 11 is 0. The van der Waals surface area contributed by atoms with Crippen LogP contribution in [-0.4, -0.2) is 57.4 Å². The molecule has 2 aliphatic rings. The Morgan fingerprint density at radius 1 is 1.00 bits per heavy atom. The van der Waals surface area contributed by atoms with Gasteiger partial charge in [-0.05, 0) is 25.0 Å². The van der Waals surface area contributed by atoms with Crippen molar-refractivity contribution in [2.45, 2.75) is 12.8 Å². The van der Waals surface area contributed by atoms with Gasteiger partial charge in [-0.2, -0.15) is 0 Å². The number of ether oxygens (including phenoxy) is 2. The monoisotopic (exact) mass is 276 g/mol. The molecule has 2 heterocycles. The summed E-state index contributed by atoms with van der Waals surface area (Å²) in [6.45, 7) is 7.80. The van der Waals surface area contributed by atoms with Crippen LogP contribution in [-0.2, 0) is 4.74 Å². The fourth-order valence-corrected chi connectivity index (χ4v) is 2.91. The minimum absolute atomic E-state index is 0.755. The van der Waals surface area contributed by atoms with E-state index in [1.165, 1.54) is 18.5 Å². The molecular formula is C16H24N2O2. The van der Waals surface area contributed by atoms with E-state index >= 15 is 0 Å². The van der Waals surface area contributed by atoms with Crippen LogP contribution in [0.25, 0.3) is 0 Å². The third-order valence-electron chi connectivity index (χ3n) is 4.08. The average Bonchev–Trinajstić information content (AvgIpc) is 3.03. The second-order valence-corrected chi connectivity index (χ2v) is 5.46. The second-order valence-electron chi connectivity index (χ2n) is 5.46. The van der Waals surface area contributed by atoms with Crippen LogP contribution in [0, 0.1) is 0 Å². The van der Waals surface area contributed by atoms with Crippen LogP contribution in [0.5, 0.6) is 5.75 Å². The molecule has 4 heteroatoms. The highest BCUT2D eigenvalue weighted by molar-refractivity contribution is 5.58. The third-order valence-corrected chi connectivity index (χ3v) is 4.08. The molecule has 0 atom stereocenters. The minimum atomic E-state index is 0.755. The quantitative estimate of drug-likeness (QED) is 0.821. The Kier molecular flexibility index (Phi) is 4.77. The van der Waals surface area contributed by atoms with Gasteiger partial charge in [0, 0.05) is 32.7 Å². The molecular weight excluding hydrogens is 252 g/mol. The van der Waals surface area contributed by atoms with E-state index in [9.17, 15) is 0 Å². The Hall–Kier alpha value is -1.26. The van der Waals surface area contributed by atoms with Crippen molar-refractivity contribution in [1.29, 1.82) is 0 Å². The van der Waals surface area contributed by atoms with Gasteiger partial charge in [-0.15, -0.1) is 0 Å². The Labute approximate surface area is 121 Å². The van der Waals surface area contributed by atoms with Crippen LogP contribution in [0.2, 0.25) is 0 Å². The molecule has 1 aromatic carbocycles. The van der Waals surface area contributed by atoms with Gasteiger partial charge < -0.3 is 14.4 Å². The normalized spacial score (nSPS) is 20.3. The number of rotatable bonds is 5. The van der Waals surface area contributed by atoms with Crippen LogP contribution < -0.4 is 9.64 Å². The third kappa shape index (κ3) is 3.44. The van der Waals surface area contributed by atoms with E-state index < -0.39 is 0 Å². The van der Waals surface area contributed by atoms with Gasteiger partial charge in [0.1, 0.15) is 12.4 Å². The van der Waals surface area contributed by atoms with Gasteiger partial charge in [-0.3, -0.25) is 4.90 Å². The smallest absolute Gasteiger partial charge is 0.142 e. The number of hydrogen-bond acceptors (Lipinski definition) is 4. The van der Waals surface area contributed by atoms with E-state index in [1.54, 1.807) is 0 Å². The van der Waals surface area contributed by atoms with E-state index in [-0.39, 0.29) is 0 Å². The van der Waals surface area contributed by atoms with Crippen LogP contribution in [0.4, 0.5) is 5.69 Å². The Balaban J connectivity index is 1.53. The van der Waals surface area contributed by atoms with Gasteiger partial charge in [0.05, 0.1) is 18.9 Å². The van der Waals surface area contributed by atoms with E-state index in [1.807, 2.05) is 0 Å². The van der Waals surface area contributed by atoms with Gasteiger partial charge in [0.15, 0.2) is 0 Å². The topological polar surface area (TPSA) is 24.9 Å². The molecule has 0 spiro atoms. The van der Waals surface area contributed by atoms with Gasteiger partial charge in [0.25, 0.3) is 0 Å². The maximum absolute atomic E-state index is 6.03. The van der Waals surface area contributed by atoms with E-state index in [4.69, 9.17) is 9.47 Å². The largest absolute Gasteiger partial charge is 0.490 e. The standard InChI is InChI=1S/C16H24N2O2/c1-2-6-16(15(5-1)18-7-3-4-8-18)20-14-11-17-9-12-19-13-10-17/h1-2,5-6H,3-4,7-14H2. The van der Waals surface area contributed by atoms with Crippen molar-refractivity contribution in [2.24, 2.45) is 0 Å². The highest BCUT2D eigenvalue weighted by Gasteiger charge is 2.16. The van der Waals surface area contributed by atoms with Gasteiger partial charge in [-0.25, -0.2) is 0 Å². The van der Waals surface area contributed by atoms with Crippen molar-refractivity contribution in [2.75, 3.05) is 57.4 Å². The van der Waals surface area contributed by atoms with Crippen LogP contribution >= 0.6 is 0 Å². The highest BCUT2D eigenvalue weighted by atomic mass is 16.5. The molecule has 0 bridgehead atoms. The number of para-hydroxylation sites is 2. The number of anilines is 1.